The highest BCUT2D eigenvalue weighted by atomic mass is 19.2. The summed E-state index contributed by atoms with van der Waals surface area (Å²) >= 11 is 0. The van der Waals surface area contributed by atoms with E-state index in [0.29, 0.717) is 0 Å². The van der Waals surface area contributed by atoms with E-state index in [1.54, 1.807) is 5.32 Å². The maximum Gasteiger partial charge on any atom is 0.319 e. The Hall–Kier alpha value is -2.32. The number of anilines is 1. The molecule has 0 aliphatic heterocycles. The molecule has 9 heteroatoms. The van der Waals surface area contributed by atoms with Gasteiger partial charge in [-0.15, -0.1) is 0 Å². The van der Waals surface area contributed by atoms with E-state index in [9.17, 15) is 27.2 Å². The van der Waals surface area contributed by atoms with Crippen molar-refractivity contribution in [1.29, 1.82) is 0 Å². The molecule has 0 aliphatic carbocycles. The monoisotopic (exact) mass is 294 g/mol. The lowest BCUT2D eigenvalue weighted by molar-refractivity contribution is -0.140. The quantitative estimate of drug-likeness (QED) is 0.587. The van der Waals surface area contributed by atoms with Crippen LogP contribution < -0.4 is 10.6 Å². The first-order valence-electron chi connectivity index (χ1n) is 5.34. The average molecular weight is 294 g/mol. The van der Waals surface area contributed by atoms with E-state index < -0.39 is 46.9 Å². The SMILES string of the molecule is CC(CNC(=O)Nc1c(F)c(F)cc(F)c1F)C(=O)O. The molecule has 0 saturated carbocycles. The van der Waals surface area contributed by atoms with Crippen LogP contribution in [0.3, 0.4) is 0 Å². The largest absolute Gasteiger partial charge is 0.481 e. The summed E-state index contributed by atoms with van der Waals surface area (Å²) in [5.41, 5.74) is -1.29. The highest BCUT2D eigenvalue weighted by Gasteiger charge is 2.21. The fourth-order valence-electron chi connectivity index (χ4n) is 1.17. The molecule has 0 spiro atoms. The Morgan fingerprint density at radius 1 is 1.20 bits per heavy atom. The van der Waals surface area contributed by atoms with Crippen molar-refractivity contribution in [3.63, 3.8) is 0 Å². The second kappa shape index (κ2) is 6.22. The Morgan fingerprint density at radius 3 is 2.15 bits per heavy atom. The molecule has 0 radical (unpaired) electrons. The molecule has 1 unspecified atom stereocenters. The number of nitrogens with one attached hydrogen (secondary N) is 2. The minimum Gasteiger partial charge on any atom is -0.481 e. The molecule has 0 heterocycles. The number of benzene rings is 1. The summed E-state index contributed by atoms with van der Waals surface area (Å²) in [6.45, 7) is 0.952. The van der Waals surface area contributed by atoms with Crippen LogP contribution in [0.5, 0.6) is 0 Å². The second-order valence-electron chi connectivity index (χ2n) is 3.92. The van der Waals surface area contributed by atoms with Crippen molar-refractivity contribution in [2.45, 2.75) is 6.92 Å². The Labute approximate surface area is 110 Å². The van der Waals surface area contributed by atoms with E-state index in [1.807, 2.05) is 5.32 Å². The fraction of sp³-hybridized carbons (Fsp3) is 0.273. The van der Waals surface area contributed by atoms with Crippen LogP contribution in [0.25, 0.3) is 0 Å². The Morgan fingerprint density at radius 2 is 1.70 bits per heavy atom. The number of carboxylic acid groups (broad SMARTS) is 1. The number of urea groups is 1. The van der Waals surface area contributed by atoms with E-state index in [-0.39, 0.29) is 12.6 Å². The zero-order chi connectivity index (χ0) is 15.4. The van der Waals surface area contributed by atoms with Crippen molar-refractivity contribution < 1.29 is 32.3 Å². The number of carbonyl (C=O) groups excluding carboxylic acids is 1. The normalized spacial score (nSPS) is 11.8. The molecule has 0 bridgehead atoms. The molecule has 2 amide bonds. The van der Waals surface area contributed by atoms with Crippen molar-refractivity contribution in [3.8, 4) is 0 Å². The highest BCUT2D eigenvalue weighted by Crippen LogP contribution is 2.23. The lowest BCUT2D eigenvalue weighted by Crippen LogP contribution is -2.35. The van der Waals surface area contributed by atoms with Crippen LogP contribution in [0, 0.1) is 29.2 Å². The van der Waals surface area contributed by atoms with Crippen LogP contribution in [-0.4, -0.2) is 23.7 Å². The summed E-state index contributed by atoms with van der Waals surface area (Å²) in [5, 5.41) is 12.1. The van der Waals surface area contributed by atoms with Gasteiger partial charge in [0.05, 0.1) is 5.92 Å². The molecule has 1 atom stereocenters. The first-order valence-corrected chi connectivity index (χ1v) is 5.34. The van der Waals surface area contributed by atoms with Crippen LogP contribution in [-0.2, 0) is 4.79 Å². The van der Waals surface area contributed by atoms with Crippen molar-refractivity contribution >= 4 is 17.7 Å². The van der Waals surface area contributed by atoms with Gasteiger partial charge in [-0.05, 0) is 0 Å². The van der Waals surface area contributed by atoms with Gasteiger partial charge in [0.1, 0.15) is 5.69 Å². The smallest absolute Gasteiger partial charge is 0.319 e. The number of carbonyl (C=O) groups is 2. The zero-order valence-electron chi connectivity index (χ0n) is 10.1. The van der Waals surface area contributed by atoms with Crippen LogP contribution in [0.2, 0.25) is 0 Å². The molecule has 1 aromatic carbocycles. The molecule has 20 heavy (non-hydrogen) atoms. The molecule has 3 N–H and O–H groups in total. The highest BCUT2D eigenvalue weighted by molar-refractivity contribution is 5.89. The second-order valence-corrected chi connectivity index (χ2v) is 3.92. The van der Waals surface area contributed by atoms with Crippen molar-refractivity contribution in [2.75, 3.05) is 11.9 Å². The maximum absolute atomic E-state index is 13.2. The van der Waals surface area contributed by atoms with Gasteiger partial charge in [-0.3, -0.25) is 4.79 Å². The molecule has 0 saturated heterocycles. The summed E-state index contributed by atoms with van der Waals surface area (Å²) in [7, 11) is 0. The van der Waals surface area contributed by atoms with E-state index in [4.69, 9.17) is 5.11 Å². The first kappa shape index (κ1) is 15.7. The summed E-state index contributed by atoms with van der Waals surface area (Å²) in [5.74, 6) is -8.99. The minimum absolute atomic E-state index is 0.000251. The molecule has 110 valence electrons. The van der Waals surface area contributed by atoms with Crippen LogP contribution in [0.15, 0.2) is 6.07 Å². The van der Waals surface area contributed by atoms with Crippen LogP contribution in [0.4, 0.5) is 28.0 Å². The van der Waals surface area contributed by atoms with Gasteiger partial charge in [0.15, 0.2) is 23.3 Å². The lowest BCUT2D eigenvalue weighted by atomic mass is 10.2. The van der Waals surface area contributed by atoms with Gasteiger partial charge in [0.2, 0.25) is 0 Å². The van der Waals surface area contributed by atoms with Crippen molar-refractivity contribution in [1.82, 2.24) is 5.32 Å². The minimum atomic E-state index is -1.76. The Balaban J connectivity index is 2.79. The fourth-order valence-corrected chi connectivity index (χ4v) is 1.17. The third-order valence-electron chi connectivity index (χ3n) is 2.34. The Kier molecular flexibility index (Phi) is 4.89. The predicted molar refractivity (Wildman–Crippen MR) is 60.1 cm³/mol. The number of hydrogen-bond donors (Lipinski definition) is 3. The van der Waals surface area contributed by atoms with Crippen molar-refractivity contribution in [2.24, 2.45) is 5.92 Å². The number of hydrogen-bond acceptors (Lipinski definition) is 2. The molecular weight excluding hydrogens is 284 g/mol. The standard InChI is InChI=1S/C11H10F4N2O3/c1-4(10(18)19)3-16-11(20)17-9-7(14)5(12)2-6(13)8(9)15/h2,4H,3H2,1H3,(H,18,19)(H2,16,17,20). The average Bonchev–Trinajstić information content (AvgIpc) is 2.38. The third-order valence-corrected chi connectivity index (χ3v) is 2.34. The van der Waals surface area contributed by atoms with Crippen molar-refractivity contribution in [3.05, 3.63) is 29.3 Å². The third kappa shape index (κ3) is 3.59. The first-order chi connectivity index (χ1) is 9.23. The topological polar surface area (TPSA) is 78.4 Å². The van der Waals surface area contributed by atoms with Gasteiger partial charge in [-0.25, -0.2) is 22.4 Å². The molecule has 5 nitrogen and oxygen atoms in total. The predicted octanol–water partition coefficient (Wildman–Crippen LogP) is 2.09. The number of carboxylic acids is 1. The van der Waals surface area contributed by atoms with E-state index >= 15 is 0 Å². The van der Waals surface area contributed by atoms with Crippen LogP contribution in [0.1, 0.15) is 6.92 Å². The molecule has 0 fully saturated rings. The lowest BCUT2D eigenvalue weighted by Gasteiger charge is -2.11. The van der Waals surface area contributed by atoms with Gasteiger partial charge in [-0.1, -0.05) is 6.92 Å². The maximum atomic E-state index is 13.2. The van der Waals surface area contributed by atoms with Gasteiger partial charge in [0, 0.05) is 12.6 Å². The number of amides is 2. The summed E-state index contributed by atoms with van der Waals surface area (Å²) < 4.78 is 52.1. The van der Waals surface area contributed by atoms with Crippen LogP contribution >= 0.6 is 0 Å². The Bertz CT molecular complexity index is 525. The molecular formula is C11H10F4N2O3. The van der Waals surface area contributed by atoms with E-state index in [0.717, 1.165) is 0 Å². The number of rotatable bonds is 4. The number of aliphatic carboxylic acids is 1. The zero-order valence-corrected chi connectivity index (χ0v) is 10.1. The molecule has 1 aromatic rings. The summed E-state index contributed by atoms with van der Waals surface area (Å²) in [4.78, 5) is 21.7. The van der Waals surface area contributed by atoms with Gasteiger partial charge in [-0.2, -0.15) is 0 Å². The summed E-state index contributed by atoms with van der Waals surface area (Å²) in [6, 6.07) is -1.19. The van der Waals surface area contributed by atoms with Gasteiger partial charge < -0.3 is 15.7 Å². The molecule has 1 rings (SSSR count). The van der Waals surface area contributed by atoms with E-state index in [2.05, 4.69) is 0 Å². The van der Waals surface area contributed by atoms with E-state index in [1.165, 1.54) is 6.92 Å². The summed E-state index contributed by atoms with van der Waals surface area (Å²) in [6.07, 6.45) is 0. The number of halogens is 4. The molecule has 0 aromatic heterocycles. The molecule has 0 aliphatic rings. The van der Waals surface area contributed by atoms with Gasteiger partial charge >= 0.3 is 12.0 Å². The van der Waals surface area contributed by atoms with Gasteiger partial charge in [0.25, 0.3) is 0 Å².